The van der Waals surface area contributed by atoms with Gasteiger partial charge in [-0.25, -0.2) is 8.42 Å². The standard InChI is InChI=1S/C22H22N2O3S/c1-16-8-14-21(15-9-16)28(26,27)24-20-12-10-19(11-13-20)22(25)23-17(2)18-6-4-3-5-7-18/h3-15,17,24H,1-2H3,(H,23,25)/t17-/m0/s1. The number of amides is 1. The van der Waals surface area contributed by atoms with Crippen LogP contribution in [0.2, 0.25) is 0 Å². The van der Waals surface area contributed by atoms with Crippen LogP contribution in [-0.4, -0.2) is 14.3 Å². The summed E-state index contributed by atoms with van der Waals surface area (Å²) in [5.41, 5.74) is 2.85. The molecule has 0 radical (unpaired) electrons. The molecule has 6 heteroatoms. The highest BCUT2D eigenvalue weighted by Gasteiger charge is 2.15. The lowest BCUT2D eigenvalue weighted by molar-refractivity contribution is 0.0940. The molecule has 0 saturated heterocycles. The number of anilines is 1. The third kappa shape index (κ3) is 4.78. The second-order valence-electron chi connectivity index (χ2n) is 6.60. The van der Waals surface area contributed by atoms with Crippen molar-refractivity contribution in [2.45, 2.75) is 24.8 Å². The minimum absolute atomic E-state index is 0.131. The van der Waals surface area contributed by atoms with E-state index < -0.39 is 10.0 Å². The van der Waals surface area contributed by atoms with E-state index in [4.69, 9.17) is 0 Å². The zero-order chi connectivity index (χ0) is 20.1. The van der Waals surface area contributed by atoms with E-state index in [1.165, 1.54) is 0 Å². The van der Waals surface area contributed by atoms with Crippen LogP contribution in [0.3, 0.4) is 0 Å². The number of benzene rings is 3. The van der Waals surface area contributed by atoms with Crippen molar-refractivity contribution in [1.82, 2.24) is 5.32 Å². The van der Waals surface area contributed by atoms with Crippen LogP contribution in [0.1, 0.15) is 34.5 Å². The quantitative estimate of drug-likeness (QED) is 0.655. The van der Waals surface area contributed by atoms with Gasteiger partial charge in [-0.3, -0.25) is 9.52 Å². The van der Waals surface area contributed by atoms with Gasteiger partial charge in [0.05, 0.1) is 10.9 Å². The number of nitrogens with one attached hydrogen (secondary N) is 2. The van der Waals surface area contributed by atoms with Crippen molar-refractivity contribution in [3.8, 4) is 0 Å². The predicted molar refractivity (Wildman–Crippen MR) is 111 cm³/mol. The number of carbonyl (C=O) groups is 1. The lowest BCUT2D eigenvalue weighted by atomic mass is 10.1. The Balaban J connectivity index is 1.67. The van der Waals surface area contributed by atoms with Crippen molar-refractivity contribution in [2.24, 2.45) is 0 Å². The maximum absolute atomic E-state index is 12.4. The van der Waals surface area contributed by atoms with Gasteiger partial charge >= 0.3 is 0 Å². The largest absolute Gasteiger partial charge is 0.346 e. The Morgan fingerprint density at radius 1 is 0.857 bits per heavy atom. The summed E-state index contributed by atoms with van der Waals surface area (Å²) in [5, 5.41) is 2.93. The van der Waals surface area contributed by atoms with E-state index in [0.29, 0.717) is 11.3 Å². The SMILES string of the molecule is Cc1ccc(S(=O)(=O)Nc2ccc(C(=O)N[C@@H](C)c3ccccc3)cc2)cc1. The van der Waals surface area contributed by atoms with Crippen LogP contribution in [0.5, 0.6) is 0 Å². The third-order valence-corrected chi connectivity index (χ3v) is 5.77. The molecule has 144 valence electrons. The van der Waals surface area contributed by atoms with Crippen molar-refractivity contribution in [3.63, 3.8) is 0 Å². The normalized spacial score (nSPS) is 12.2. The third-order valence-electron chi connectivity index (χ3n) is 4.38. The van der Waals surface area contributed by atoms with Gasteiger partial charge in [0, 0.05) is 11.3 Å². The second-order valence-corrected chi connectivity index (χ2v) is 8.28. The molecule has 1 amide bonds. The van der Waals surface area contributed by atoms with Gasteiger partial charge in [-0.1, -0.05) is 48.0 Å². The fourth-order valence-corrected chi connectivity index (χ4v) is 3.78. The Hall–Kier alpha value is -3.12. The van der Waals surface area contributed by atoms with Gasteiger partial charge in [-0.05, 0) is 55.8 Å². The van der Waals surface area contributed by atoms with Crippen LogP contribution >= 0.6 is 0 Å². The predicted octanol–water partition coefficient (Wildman–Crippen LogP) is 4.29. The molecule has 0 saturated carbocycles. The summed E-state index contributed by atoms with van der Waals surface area (Å²) in [7, 11) is -3.67. The molecule has 0 heterocycles. The van der Waals surface area contributed by atoms with Crippen LogP contribution in [0.4, 0.5) is 5.69 Å². The number of hydrogen-bond donors (Lipinski definition) is 2. The molecular weight excluding hydrogens is 372 g/mol. The molecule has 3 aromatic rings. The summed E-state index contributed by atoms with van der Waals surface area (Å²) < 4.78 is 27.4. The summed E-state index contributed by atoms with van der Waals surface area (Å²) in [5.74, 6) is -0.218. The summed E-state index contributed by atoms with van der Waals surface area (Å²) in [6, 6.07) is 22.5. The van der Waals surface area contributed by atoms with Crippen molar-refractivity contribution in [1.29, 1.82) is 0 Å². The van der Waals surface area contributed by atoms with E-state index in [2.05, 4.69) is 10.0 Å². The molecule has 0 fully saturated rings. The average Bonchev–Trinajstić information content (AvgIpc) is 2.69. The van der Waals surface area contributed by atoms with E-state index in [-0.39, 0.29) is 16.8 Å². The minimum atomic E-state index is -3.67. The molecule has 5 nitrogen and oxygen atoms in total. The van der Waals surface area contributed by atoms with Crippen molar-refractivity contribution >= 4 is 21.6 Å². The molecular formula is C22H22N2O3S. The monoisotopic (exact) mass is 394 g/mol. The fourth-order valence-electron chi connectivity index (χ4n) is 2.73. The number of hydrogen-bond acceptors (Lipinski definition) is 3. The fraction of sp³-hybridized carbons (Fsp3) is 0.136. The first-order valence-electron chi connectivity index (χ1n) is 8.90. The minimum Gasteiger partial charge on any atom is -0.346 e. The maximum Gasteiger partial charge on any atom is 0.261 e. The maximum atomic E-state index is 12.4. The van der Waals surface area contributed by atoms with Crippen LogP contribution in [0.15, 0.2) is 83.8 Å². The summed E-state index contributed by atoms with van der Waals surface area (Å²) in [6.07, 6.45) is 0. The Morgan fingerprint density at radius 2 is 1.46 bits per heavy atom. The topological polar surface area (TPSA) is 75.3 Å². The Bertz CT molecular complexity index is 1050. The first-order valence-corrected chi connectivity index (χ1v) is 10.4. The van der Waals surface area contributed by atoms with Crippen LogP contribution in [0, 0.1) is 6.92 Å². The molecule has 0 spiro atoms. The van der Waals surface area contributed by atoms with Crippen molar-refractivity contribution < 1.29 is 13.2 Å². The van der Waals surface area contributed by atoms with Gasteiger partial charge in [-0.2, -0.15) is 0 Å². The number of carbonyl (C=O) groups excluding carboxylic acids is 1. The van der Waals surface area contributed by atoms with E-state index in [1.54, 1.807) is 48.5 Å². The van der Waals surface area contributed by atoms with Gasteiger partial charge in [0.15, 0.2) is 0 Å². The second kappa shape index (κ2) is 8.27. The molecule has 0 aromatic heterocycles. The number of sulfonamides is 1. The van der Waals surface area contributed by atoms with Crippen LogP contribution < -0.4 is 10.0 Å². The molecule has 0 aliphatic carbocycles. The van der Waals surface area contributed by atoms with E-state index >= 15 is 0 Å². The molecule has 1 atom stereocenters. The Labute approximate surface area is 165 Å². The first-order chi connectivity index (χ1) is 13.3. The first kappa shape index (κ1) is 19.6. The summed E-state index contributed by atoms with van der Waals surface area (Å²) >= 11 is 0. The van der Waals surface area contributed by atoms with Crippen molar-refractivity contribution in [2.75, 3.05) is 4.72 Å². The highest BCUT2D eigenvalue weighted by atomic mass is 32.2. The van der Waals surface area contributed by atoms with Crippen molar-refractivity contribution in [3.05, 3.63) is 95.6 Å². The molecule has 0 aliphatic rings. The van der Waals surface area contributed by atoms with Gasteiger partial charge in [-0.15, -0.1) is 0 Å². The molecule has 3 rings (SSSR count). The van der Waals surface area contributed by atoms with E-state index in [9.17, 15) is 13.2 Å². The molecule has 0 aliphatic heterocycles. The Kier molecular flexibility index (Phi) is 5.80. The molecule has 0 bridgehead atoms. The van der Waals surface area contributed by atoms with E-state index in [1.807, 2.05) is 44.2 Å². The zero-order valence-electron chi connectivity index (χ0n) is 15.7. The van der Waals surface area contributed by atoms with Gasteiger partial charge in [0.25, 0.3) is 15.9 Å². The summed E-state index contributed by atoms with van der Waals surface area (Å²) in [6.45, 7) is 3.81. The number of rotatable bonds is 6. The highest BCUT2D eigenvalue weighted by molar-refractivity contribution is 7.92. The molecule has 0 unspecified atom stereocenters. The molecule has 3 aromatic carbocycles. The lowest BCUT2D eigenvalue weighted by Gasteiger charge is -2.14. The van der Waals surface area contributed by atoms with Gasteiger partial charge in [0.2, 0.25) is 0 Å². The van der Waals surface area contributed by atoms with Gasteiger partial charge in [0.1, 0.15) is 0 Å². The summed E-state index contributed by atoms with van der Waals surface area (Å²) in [4.78, 5) is 12.6. The van der Waals surface area contributed by atoms with Gasteiger partial charge < -0.3 is 5.32 Å². The molecule has 28 heavy (non-hydrogen) atoms. The molecule has 2 N–H and O–H groups in total. The van der Waals surface area contributed by atoms with Crippen LogP contribution in [-0.2, 0) is 10.0 Å². The smallest absolute Gasteiger partial charge is 0.261 e. The average molecular weight is 394 g/mol. The van der Waals surface area contributed by atoms with E-state index in [0.717, 1.165) is 11.1 Å². The zero-order valence-corrected chi connectivity index (χ0v) is 16.5. The lowest BCUT2D eigenvalue weighted by Crippen LogP contribution is -2.26. The van der Waals surface area contributed by atoms with Crippen LogP contribution in [0.25, 0.3) is 0 Å². The Morgan fingerprint density at radius 3 is 2.07 bits per heavy atom. The highest BCUT2D eigenvalue weighted by Crippen LogP contribution is 2.18. The number of aryl methyl sites for hydroxylation is 1.